The van der Waals surface area contributed by atoms with Crippen molar-refractivity contribution in [1.82, 2.24) is 10.2 Å². The van der Waals surface area contributed by atoms with Crippen LogP contribution in [0.4, 0.5) is 0 Å². The molecule has 1 heterocycles. The molecule has 3 N–H and O–H groups in total. The third-order valence-electron chi connectivity index (χ3n) is 4.41. The van der Waals surface area contributed by atoms with Crippen LogP contribution < -0.4 is 11.1 Å². The fourth-order valence-corrected chi connectivity index (χ4v) is 3.77. The lowest BCUT2D eigenvalue weighted by Gasteiger charge is -2.34. The van der Waals surface area contributed by atoms with Gasteiger partial charge in [0.1, 0.15) is 0 Å². The van der Waals surface area contributed by atoms with Crippen LogP contribution in [-0.4, -0.2) is 51.1 Å². The molecule has 26 heavy (non-hydrogen) atoms. The number of nitrogens with zero attached hydrogens (tertiary/aromatic N) is 2. The number of benzene rings is 1. The van der Waals surface area contributed by atoms with Crippen LogP contribution in [0.2, 0.25) is 0 Å². The number of likely N-dealkylation sites (tertiary alicyclic amines) is 1. The van der Waals surface area contributed by atoms with Crippen molar-refractivity contribution in [3.63, 3.8) is 0 Å². The van der Waals surface area contributed by atoms with Crippen LogP contribution in [-0.2, 0) is 21.2 Å². The molecule has 0 aliphatic carbocycles. The Kier molecular flexibility index (Phi) is 7.02. The van der Waals surface area contributed by atoms with E-state index in [0.29, 0.717) is 17.9 Å². The lowest BCUT2D eigenvalue weighted by atomic mass is 9.95. The largest absolute Gasteiger partial charge is 0.370 e. The van der Waals surface area contributed by atoms with Crippen LogP contribution >= 0.6 is 0 Å². The predicted octanol–water partition coefficient (Wildman–Crippen LogP) is 1.14. The first-order valence-electron chi connectivity index (χ1n) is 8.90. The minimum absolute atomic E-state index is 0.259. The lowest BCUT2D eigenvalue weighted by molar-refractivity contribution is -0.119. The number of carbonyl (C=O) groups is 1. The summed E-state index contributed by atoms with van der Waals surface area (Å²) in [7, 11) is -3.19. The number of rotatable bonds is 6. The maximum absolute atomic E-state index is 11.5. The Morgan fingerprint density at radius 1 is 1.35 bits per heavy atom. The molecular formula is C18H28N4O3S. The first kappa shape index (κ1) is 20.2. The highest BCUT2D eigenvalue weighted by atomic mass is 32.2. The number of aliphatic imine (C=N–C) groups is 1. The van der Waals surface area contributed by atoms with E-state index in [1.54, 1.807) is 24.3 Å². The molecule has 7 nitrogen and oxygen atoms in total. The monoisotopic (exact) mass is 380 g/mol. The summed E-state index contributed by atoms with van der Waals surface area (Å²) in [6, 6.07) is 6.79. The van der Waals surface area contributed by atoms with E-state index in [1.165, 1.54) is 6.26 Å². The van der Waals surface area contributed by atoms with Crippen LogP contribution in [0.3, 0.4) is 0 Å². The molecule has 144 valence electrons. The number of nitrogens with one attached hydrogen (secondary N) is 1. The second-order valence-electron chi connectivity index (χ2n) is 6.71. The van der Waals surface area contributed by atoms with Crippen molar-refractivity contribution in [2.75, 3.05) is 25.9 Å². The van der Waals surface area contributed by atoms with E-state index in [2.05, 4.69) is 15.2 Å². The van der Waals surface area contributed by atoms with E-state index in [0.717, 1.165) is 44.0 Å². The molecule has 1 saturated heterocycles. The summed E-state index contributed by atoms with van der Waals surface area (Å²) in [5, 5.41) is 3.30. The van der Waals surface area contributed by atoms with Crippen molar-refractivity contribution in [2.24, 2.45) is 16.6 Å². The van der Waals surface area contributed by atoms with Gasteiger partial charge >= 0.3 is 0 Å². The van der Waals surface area contributed by atoms with Gasteiger partial charge in [-0.1, -0.05) is 12.1 Å². The number of nitrogens with two attached hydrogens (primary N) is 1. The highest BCUT2D eigenvalue weighted by Gasteiger charge is 2.23. The number of guanidine groups is 1. The van der Waals surface area contributed by atoms with E-state index >= 15 is 0 Å². The zero-order valence-corrected chi connectivity index (χ0v) is 16.3. The Hall–Kier alpha value is -2.09. The summed E-state index contributed by atoms with van der Waals surface area (Å²) < 4.78 is 23.1. The first-order valence-corrected chi connectivity index (χ1v) is 10.8. The third kappa shape index (κ3) is 6.01. The molecule has 1 aliphatic rings. The topological polar surface area (TPSA) is 105 Å². The van der Waals surface area contributed by atoms with Gasteiger partial charge in [-0.25, -0.2) is 13.4 Å². The number of primary amides is 1. The highest BCUT2D eigenvalue weighted by Crippen LogP contribution is 2.19. The molecule has 0 radical (unpaired) electrons. The Bertz CT molecular complexity index is 744. The van der Waals surface area contributed by atoms with Gasteiger partial charge in [0.05, 0.1) is 11.4 Å². The summed E-state index contributed by atoms with van der Waals surface area (Å²) in [6.45, 7) is 4.89. The minimum atomic E-state index is -3.19. The SMILES string of the molecule is CCNC(=NCc1ccc(S(C)(=O)=O)cc1)N1CCCC(CC(N)=O)C1. The first-order chi connectivity index (χ1) is 12.3. The summed E-state index contributed by atoms with van der Waals surface area (Å²) in [6.07, 6.45) is 3.61. The van der Waals surface area contributed by atoms with Crippen molar-refractivity contribution >= 4 is 21.7 Å². The number of piperidine rings is 1. The molecular weight excluding hydrogens is 352 g/mol. The molecule has 1 amide bonds. The molecule has 0 spiro atoms. The summed E-state index contributed by atoms with van der Waals surface area (Å²) in [5.41, 5.74) is 6.28. The predicted molar refractivity (Wildman–Crippen MR) is 102 cm³/mol. The summed E-state index contributed by atoms with van der Waals surface area (Å²) >= 11 is 0. The molecule has 1 atom stereocenters. The van der Waals surface area contributed by atoms with Gasteiger partial charge in [-0.2, -0.15) is 0 Å². The van der Waals surface area contributed by atoms with Gasteiger partial charge in [-0.3, -0.25) is 4.79 Å². The van der Waals surface area contributed by atoms with E-state index in [4.69, 9.17) is 5.73 Å². The van der Waals surface area contributed by atoms with Crippen molar-refractivity contribution in [3.8, 4) is 0 Å². The molecule has 1 aliphatic heterocycles. The Balaban J connectivity index is 2.07. The molecule has 0 aromatic heterocycles. The van der Waals surface area contributed by atoms with Gasteiger partial charge in [0.15, 0.2) is 15.8 Å². The van der Waals surface area contributed by atoms with E-state index < -0.39 is 9.84 Å². The fourth-order valence-electron chi connectivity index (χ4n) is 3.14. The Morgan fingerprint density at radius 3 is 2.62 bits per heavy atom. The van der Waals surface area contributed by atoms with Crippen molar-refractivity contribution in [2.45, 2.75) is 37.6 Å². The second kappa shape index (κ2) is 9.02. The van der Waals surface area contributed by atoms with Crippen molar-refractivity contribution in [3.05, 3.63) is 29.8 Å². The van der Waals surface area contributed by atoms with Gasteiger partial charge < -0.3 is 16.0 Å². The highest BCUT2D eigenvalue weighted by molar-refractivity contribution is 7.90. The minimum Gasteiger partial charge on any atom is -0.370 e. The summed E-state index contributed by atoms with van der Waals surface area (Å²) in [5.74, 6) is 0.817. The molecule has 1 aromatic carbocycles. The number of carbonyl (C=O) groups excluding carboxylic acids is 1. The molecule has 8 heteroatoms. The van der Waals surface area contributed by atoms with Gasteiger partial charge in [-0.15, -0.1) is 0 Å². The third-order valence-corrected chi connectivity index (χ3v) is 5.53. The lowest BCUT2D eigenvalue weighted by Crippen LogP contribution is -2.47. The molecule has 1 unspecified atom stereocenters. The van der Waals surface area contributed by atoms with E-state index in [-0.39, 0.29) is 11.8 Å². The average molecular weight is 381 g/mol. The number of amides is 1. The van der Waals surface area contributed by atoms with Gasteiger partial charge in [0, 0.05) is 32.3 Å². The van der Waals surface area contributed by atoms with Crippen LogP contribution in [0, 0.1) is 5.92 Å². The second-order valence-corrected chi connectivity index (χ2v) is 8.73. The number of hydrogen-bond acceptors (Lipinski definition) is 4. The molecule has 1 aromatic rings. The zero-order chi connectivity index (χ0) is 19.2. The number of sulfone groups is 1. The molecule has 1 fully saturated rings. The Labute approximate surface area is 155 Å². The molecule has 0 saturated carbocycles. The van der Waals surface area contributed by atoms with Crippen LogP contribution in [0.15, 0.2) is 34.2 Å². The van der Waals surface area contributed by atoms with Gasteiger partial charge in [0.25, 0.3) is 0 Å². The maximum atomic E-state index is 11.5. The number of hydrogen-bond donors (Lipinski definition) is 2. The van der Waals surface area contributed by atoms with Crippen LogP contribution in [0.5, 0.6) is 0 Å². The maximum Gasteiger partial charge on any atom is 0.217 e. The molecule has 2 rings (SSSR count). The quantitative estimate of drug-likeness (QED) is 0.569. The average Bonchev–Trinajstić information content (AvgIpc) is 2.58. The molecule has 0 bridgehead atoms. The summed E-state index contributed by atoms with van der Waals surface area (Å²) in [4.78, 5) is 18.4. The fraction of sp³-hybridized carbons (Fsp3) is 0.556. The van der Waals surface area contributed by atoms with Crippen molar-refractivity contribution in [1.29, 1.82) is 0 Å². The zero-order valence-electron chi connectivity index (χ0n) is 15.4. The Morgan fingerprint density at radius 2 is 2.04 bits per heavy atom. The van der Waals surface area contributed by atoms with Crippen LogP contribution in [0.1, 0.15) is 31.7 Å². The van der Waals surface area contributed by atoms with Crippen molar-refractivity contribution < 1.29 is 13.2 Å². The van der Waals surface area contributed by atoms with E-state index in [9.17, 15) is 13.2 Å². The smallest absolute Gasteiger partial charge is 0.217 e. The van der Waals surface area contributed by atoms with Gasteiger partial charge in [-0.05, 0) is 43.4 Å². The normalized spacial score (nSPS) is 18.6. The standard InChI is InChI=1S/C18H28N4O3S/c1-3-20-18(22-10-4-5-15(13-22)11-17(19)23)21-12-14-6-8-16(9-7-14)26(2,24)25/h6-9,15H,3-5,10-13H2,1-2H3,(H2,19,23)(H,20,21). The van der Waals surface area contributed by atoms with Gasteiger partial charge in [0.2, 0.25) is 5.91 Å². The van der Waals surface area contributed by atoms with E-state index in [1.807, 2.05) is 6.92 Å². The van der Waals surface area contributed by atoms with Crippen LogP contribution in [0.25, 0.3) is 0 Å².